The van der Waals surface area contributed by atoms with Crippen LogP contribution >= 0.6 is 0 Å². The Kier molecular flexibility index (Phi) is 8.29. The van der Waals surface area contributed by atoms with Gasteiger partial charge in [0.15, 0.2) is 27.2 Å². The molecule has 3 aromatic rings. The van der Waals surface area contributed by atoms with Gasteiger partial charge in [0.2, 0.25) is 0 Å². The van der Waals surface area contributed by atoms with Crippen LogP contribution in [0.5, 0.6) is 23.0 Å². The zero-order valence-corrected chi connectivity index (χ0v) is 21.0. The molecule has 41 heavy (non-hydrogen) atoms. The minimum atomic E-state index is -5.07. The third-order valence-corrected chi connectivity index (χ3v) is 5.61. The van der Waals surface area contributed by atoms with Crippen molar-refractivity contribution in [2.24, 2.45) is 5.73 Å². The number of nitrogens with one attached hydrogen (secondary N) is 1. The summed E-state index contributed by atoms with van der Waals surface area (Å²) >= 11 is 0. The number of benzene rings is 2. The van der Waals surface area contributed by atoms with Crippen LogP contribution in [0.3, 0.4) is 0 Å². The van der Waals surface area contributed by atoms with Gasteiger partial charge in [-0.3, -0.25) is 14.6 Å². The molecule has 0 saturated carbocycles. The molecule has 15 heteroatoms. The topological polar surface area (TPSA) is 133 Å². The predicted octanol–water partition coefficient (Wildman–Crippen LogP) is 4.15. The number of carbonyl (C=O) groups is 2. The lowest BCUT2D eigenvalue weighted by atomic mass is 9.76. The van der Waals surface area contributed by atoms with Crippen molar-refractivity contribution in [2.45, 2.75) is 31.2 Å². The Morgan fingerprint density at radius 1 is 1.02 bits per heavy atom. The molecule has 0 bridgehead atoms. The molecular weight excluding hydrogens is 548 g/mol. The average molecular weight is 567 g/mol. The van der Waals surface area contributed by atoms with E-state index < -0.39 is 52.4 Å². The lowest BCUT2D eigenvalue weighted by molar-refractivity contribution is -0.274. The molecule has 0 spiro atoms. The lowest BCUT2D eigenvalue weighted by Crippen LogP contribution is -2.36. The van der Waals surface area contributed by atoms with E-state index in [9.17, 15) is 27.9 Å². The molecule has 4 radical (unpaired) electrons. The van der Waals surface area contributed by atoms with Crippen molar-refractivity contribution in [3.8, 4) is 23.0 Å². The summed E-state index contributed by atoms with van der Waals surface area (Å²) in [5.74, 6) is -5.06. The van der Waals surface area contributed by atoms with Crippen LogP contribution in [0.4, 0.5) is 23.2 Å². The first-order chi connectivity index (χ1) is 19.2. The van der Waals surface area contributed by atoms with E-state index in [0.29, 0.717) is 18.1 Å². The molecule has 2 amide bonds. The van der Waals surface area contributed by atoms with Crippen molar-refractivity contribution in [1.82, 2.24) is 4.98 Å². The molecule has 1 aliphatic rings. The van der Waals surface area contributed by atoms with Gasteiger partial charge in [-0.2, -0.15) is 0 Å². The summed E-state index contributed by atoms with van der Waals surface area (Å²) in [6.45, 7) is 0. The Morgan fingerprint density at radius 2 is 1.78 bits per heavy atom. The Morgan fingerprint density at radius 3 is 2.41 bits per heavy atom. The smallest absolute Gasteiger partial charge is 0.478 e. The summed E-state index contributed by atoms with van der Waals surface area (Å²) in [7, 11) is 10.5. The molecule has 0 aliphatic heterocycles. The predicted molar refractivity (Wildman–Crippen MR) is 139 cm³/mol. The number of nitrogens with two attached hydrogens (primary N) is 1. The second-order valence-electron chi connectivity index (χ2n) is 8.81. The SMILES string of the molecule is [B]C([B])(O)Oc1cc(OC(F)(F)F)ccc1Oc1cc(C2=CCCC2)cc(F)c1C(=O)Nc1ccnc(C(N)=O)c1. The van der Waals surface area contributed by atoms with Crippen LogP contribution in [0, 0.1) is 5.82 Å². The number of primary amides is 1. The highest BCUT2D eigenvalue weighted by Crippen LogP contribution is 2.41. The minimum Gasteiger partial charge on any atom is -0.478 e. The molecule has 208 valence electrons. The summed E-state index contributed by atoms with van der Waals surface area (Å²) in [5.41, 5.74) is 2.81. The molecule has 0 atom stereocenters. The first-order valence-corrected chi connectivity index (χ1v) is 11.9. The van der Waals surface area contributed by atoms with Gasteiger partial charge in [-0.15, -0.1) is 13.2 Å². The Hall–Kier alpha value is -4.52. The van der Waals surface area contributed by atoms with Crippen LogP contribution in [-0.2, 0) is 0 Å². The third kappa shape index (κ3) is 7.78. The van der Waals surface area contributed by atoms with Crippen LogP contribution in [0.15, 0.2) is 54.7 Å². The van der Waals surface area contributed by atoms with Crippen molar-refractivity contribution in [1.29, 1.82) is 0 Å². The molecule has 4 rings (SSSR count). The van der Waals surface area contributed by atoms with E-state index in [1.54, 1.807) is 0 Å². The van der Waals surface area contributed by atoms with Gasteiger partial charge in [0.1, 0.15) is 34.2 Å². The number of aromatic nitrogens is 1. The first-order valence-electron chi connectivity index (χ1n) is 11.9. The van der Waals surface area contributed by atoms with Gasteiger partial charge in [-0.25, -0.2) is 4.39 Å². The van der Waals surface area contributed by atoms with Gasteiger partial charge in [-0.1, -0.05) is 6.08 Å². The number of nitrogens with zero attached hydrogens (tertiary/aromatic N) is 1. The van der Waals surface area contributed by atoms with Crippen LogP contribution in [0.2, 0.25) is 0 Å². The van der Waals surface area contributed by atoms with E-state index in [0.717, 1.165) is 36.6 Å². The quantitative estimate of drug-likeness (QED) is 0.201. The monoisotopic (exact) mass is 567 g/mol. The number of hydrogen-bond donors (Lipinski definition) is 3. The molecule has 4 N–H and O–H groups in total. The van der Waals surface area contributed by atoms with Crippen molar-refractivity contribution in [3.63, 3.8) is 0 Å². The van der Waals surface area contributed by atoms with E-state index >= 15 is 4.39 Å². The Bertz CT molecular complexity index is 1530. The number of aliphatic hydroxyl groups is 1. The summed E-state index contributed by atoms with van der Waals surface area (Å²) < 4.78 is 68.4. The Labute approximate surface area is 233 Å². The van der Waals surface area contributed by atoms with Crippen LogP contribution < -0.4 is 25.3 Å². The van der Waals surface area contributed by atoms with Crippen molar-refractivity contribution in [3.05, 3.63) is 77.4 Å². The van der Waals surface area contributed by atoms with E-state index in [1.165, 1.54) is 24.4 Å². The average Bonchev–Trinajstić information content (AvgIpc) is 3.39. The van der Waals surface area contributed by atoms with Crippen molar-refractivity contribution >= 4 is 38.8 Å². The standard InChI is InChI=1S/C26H19B2F4N3O6/c27-25(28,38)41-20-12-16(40-26(30,31)32)5-6-19(20)39-21-10-14(13-3-1-2-4-13)9-17(29)22(21)24(37)35-15-7-8-34-18(11-15)23(33)36/h3,5-12,38H,1-2,4H2,(H2,33,36)(H,34,35,37). The van der Waals surface area contributed by atoms with E-state index in [1.807, 2.05) is 6.08 Å². The number of hydrogen-bond acceptors (Lipinski definition) is 7. The van der Waals surface area contributed by atoms with Gasteiger partial charge < -0.3 is 30.4 Å². The molecule has 0 unspecified atom stereocenters. The molecule has 0 saturated heterocycles. The number of alkyl halides is 3. The van der Waals surface area contributed by atoms with Crippen molar-refractivity contribution < 1.29 is 46.5 Å². The lowest BCUT2D eigenvalue weighted by Gasteiger charge is -2.24. The third-order valence-electron chi connectivity index (χ3n) is 5.61. The van der Waals surface area contributed by atoms with Gasteiger partial charge in [0.05, 0.1) is 0 Å². The molecular formula is C26H19B2F4N3O6. The number of carbonyl (C=O) groups excluding carboxylic acids is 2. The second kappa shape index (κ2) is 11.5. The number of ether oxygens (including phenoxy) is 3. The summed E-state index contributed by atoms with van der Waals surface area (Å²) in [4.78, 5) is 28.5. The van der Waals surface area contributed by atoms with Crippen molar-refractivity contribution in [2.75, 3.05) is 5.32 Å². The molecule has 9 nitrogen and oxygen atoms in total. The number of pyridine rings is 1. The fourth-order valence-electron chi connectivity index (χ4n) is 3.98. The maximum absolute atomic E-state index is 15.5. The van der Waals surface area contributed by atoms with Gasteiger partial charge >= 0.3 is 6.36 Å². The molecule has 2 aromatic carbocycles. The molecule has 0 fully saturated rings. The molecule has 1 heterocycles. The van der Waals surface area contributed by atoms with Crippen LogP contribution in [0.1, 0.15) is 45.7 Å². The van der Waals surface area contributed by atoms with E-state index in [2.05, 4.69) is 15.0 Å². The van der Waals surface area contributed by atoms with Gasteiger partial charge in [0.25, 0.3) is 11.8 Å². The zero-order valence-electron chi connectivity index (χ0n) is 21.0. The Balaban J connectivity index is 1.78. The molecule has 1 aliphatic carbocycles. The normalized spacial score (nSPS) is 13.3. The fourth-order valence-corrected chi connectivity index (χ4v) is 3.98. The zero-order chi connectivity index (χ0) is 29.9. The summed E-state index contributed by atoms with van der Waals surface area (Å²) in [6, 6.07) is 7.47. The highest BCUT2D eigenvalue weighted by Gasteiger charge is 2.32. The maximum atomic E-state index is 15.5. The minimum absolute atomic E-state index is 0.0562. The summed E-state index contributed by atoms with van der Waals surface area (Å²) in [6.07, 6.45) is 0.228. The number of halogens is 4. The summed E-state index contributed by atoms with van der Waals surface area (Å²) in [5, 5.41) is 12.2. The fraction of sp³-hybridized carbons (Fsp3) is 0.192. The van der Waals surface area contributed by atoms with Gasteiger partial charge in [-0.05, 0) is 66.8 Å². The second-order valence-corrected chi connectivity index (χ2v) is 8.81. The van der Waals surface area contributed by atoms with E-state index in [4.69, 9.17) is 30.9 Å². The first kappa shape index (κ1) is 29.5. The largest absolute Gasteiger partial charge is 0.573 e. The molecule has 1 aromatic heterocycles. The number of amides is 2. The van der Waals surface area contributed by atoms with E-state index in [-0.39, 0.29) is 17.1 Å². The van der Waals surface area contributed by atoms with Crippen LogP contribution in [0.25, 0.3) is 5.57 Å². The number of allylic oxidation sites excluding steroid dienone is 2. The van der Waals surface area contributed by atoms with Gasteiger partial charge in [0, 0.05) is 18.0 Å². The maximum Gasteiger partial charge on any atom is 0.573 e. The number of anilines is 1. The highest BCUT2D eigenvalue weighted by atomic mass is 19.4. The number of rotatable bonds is 9. The highest BCUT2D eigenvalue weighted by molar-refractivity contribution is 6.37. The van der Waals surface area contributed by atoms with Crippen LogP contribution in [-0.4, -0.2) is 49.5 Å².